The van der Waals surface area contributed by atoms with Gasteiger partial charge in [0.2, 0.25) is 0 Å². The summed E-state index contributed by atoms with van der Waals surface area (Å²) in [4.78, 5) is 0. The van der Waals surface area contributed by atoms with Gasteiger partial charge >= 0.3 is 0 Å². The van der Waals surface area contributed by atoms with Crippen LogP contribution in [-0.2, 0) is 6.42 Å². The van der Waals surface area contributed by atoms with Crippen molar-refractivity contribution >= 4 is 5.69 Å². The lowest BCUT2D eigenvalue weighted by molar-refractivity contribution is 1.19. The Labute approximate surface area is 103 Å². The molecule has 0 saturated heterocycles. The van der Waals surface area contributed by atoms with Crippen molar-refractivity contribution in [1.29, 1.82) is 0 Å². The summed E-state index contributed by atoms with van der Waals surface area (Å²) in [6.45, 7) is 5.82. The van der Waals surface area contributed by atoms with Crippen LogP contribution in [0.3, 0.4) is 0 Å². The van der Waals surface area contributed by atoms with Gasteiger partial charge in [0.05, 0.1) is 0 Å². The standard InChI is InChI=1S/C16H17N/c1-13(2)17-16-10-6-9-15(12-16)11-14-7-4-3-5-8-14/h3-10,12,17H,1,11H2,2H3. The number of rotatable bonds is 4. The second kappa shape index (κ2) is 5.35. The van der Waals surface area contributed by atoms with E-state index in [-0.39, 0.29) is 0 Å². The van der Waals surface area contributed by atoms with Crippen molar-refractivity contribution < 1.29 is 0 Å². The molecule has 1 heteroatoms. The van der Waals surface area contributed by atoms with Gasteiger partial charge in [-0.1, -0.05) is 49.0 Å². The number of allylic oxidation sites excluding steroid dienone is 1. The number of anilines is 1. The van der Waals surface area contributed by atoms with Crippen molar-refractivity contribution in [3.05, 3.63) is 78.0 Å². The van der Waals surface area contributed by atoms with Crippen LogP contribution in [0.4, 0.5) is 5.69 Å². The number of benzene rings is 2. The Morgan fingerprint density at radius 2 is 1.71 bits per heavy atom. The molecule has 0 atom stereocenters. The van der Waals surface area contributed by atoms with Gasteiger partial charge in [0.1, 0.15) is 0 Å². The zero-order valence-electron chi connectivity index (χ0n) is 10.1. The summed E-state index contributed by atoms with van der Waals surface area (Å²) >= 11 is 0. The van der Waals surface area contributed by atoms with Crippen LogP contribution in [0.1, 0.15) is 18.1 Å². The van der Waals surface area contributed by atoms with Crippen LogP contribution in [0.15, 0.2) is 66.9 Å². The van der Waals surface area contributed by atoms with Gasteiger partial charge in [-0.25, -0.2) is 0 Å². The van der Waals surface area contributed by atoms with Crippen LogP contribution < -0.4 is 5.32 Å². The average Bonchev–Trinajstić information content (AvgIpc) is 2.30. The van der Waals surface area contributed by atoms with E-state index in [0.29, 0.717) is 0 Å². The minimum atomic E-state index is 0.960. The quantitative estimate of drug-likeness (QED) is 0.818. The molecule has 2 aromatic carbocycles. The van der Waals surface area contributed by atoms with Crippen molar-refractivity contribution in [1.82, 2.24) is 0 Å². The third-order valence-corrected chi connectivity index (χ3v) is 2.54. The Bertz CT molecular complexity index is 500. The first-order valence-corrected chi connectivity index (χ1v) is 5.79. The van der Waals surface area contributed by atoms with E-state index in [2.05, 4.69) is 60.4 Å². The van der Waals surface area contributed by atoms with Crippen molar-refractivity contribution in [2.24, 2.45) is 0 Å². The fourth-order valence-corrected chi connectivity index (χ4v) is 1.84. The molecule has 0 amide bonds. The lowest BCUT2D eigenvalue weighted by Gasteiger charge is -2.07. The van der Waals surface area contributed by atoms with E-state index in [0.717, 1.165) is 17.8 Å². The van der Waals surface area contributed by atoms with Crippen molar-refractivity contribution in [2.45, 2.75) is 13.3 Å². The predicted molar refractivity (Wildman–Crippen MR) is 74.1 cm³/mol. The van der Waals surface area contributed by atoms with Crippen molar-refractivity contribution in [2.75, 3.05) is 5.32 Å². The largest absolute Gasteiger partial charge is 0.360 e. The molecule has 0 heterocycles. The number of hydrogen-bond acceptors (Lipinski definition) is 1. The molecular formula is C16H17N. The van der Waals surface area contributed by atoms with E-state index in [4.69, 9.17) is 0 Å². The van der Waals surface area contributed by atoms with E-state index in [1.165, 1.54) is 11.1 Å². The molecule has 0 unspecified atom stereocenters. The summed E-state index contributed by atoms with van der Waals surface area (Å²) in [6, 6.07) is 18.9. The Morgan fingerprint density at radius 3 is 2.41 bits per heavy atom. The maximum absolute atomic E-state index is 3.85. The third kappa shape index (κ3) is 3.49. The van der Waals surface area contributed by atoms with Crippen LogP contribution in [0.25, 0.3) is 0 Å². The summed E-state index contributed by atoms with van der Waals surface area (Å²) < 4.78 is 0. The first-order valence-electron chi connectivity index (χ1n) is 5.79. The molecule has 2 rings (SSSR count). The maximum Gasteiger partial charge on any atom is 0.0384 e. The maximum atomic E-state index is 3.85. The summed E-state index contributed by atoms with van der Waals surface area (Å²) in [7, 11) is 0. The fraction of sp³-hybridized carbons (Fsp3) is 0.125. The van der Waals surface area contributed by atoms with Crippen LogP contribution >= 0.6 is 0 Å². The molecule has 1 N–H and O–H groups in total. The molecule has 0 aliphatic carbocycles. The zero-order valence-corrected chi connectivity index (χ0v) is 10.1. The molecule has 1 nitrogen and oxygen atoms in total. The smallest absolute Gasteiger partial charge is 0.0384 e. The molecule has 0 saturated carbocycles. The highest BCUT2D eigenvalue weighted by Crippen LogP contribution is 2.15. The minimum absolute atomic E-state index is 0.960. The highest BCUT2D eigenvalue weighted by atomic mass is 14.9. The average molecular weight is 223 g/mol. The van der Waals surface area contributed by atoms with Gasteiger partial charge in [0.15, 0.2) is 0 Å². The number of hydrogen-bond donors (Lipinski definition) is 1. The predicted octanol–water partition coefficient (Wildman–Crippen LogP) is 4.22. The molecule has 0 aromatic heterocycles. The molecule has 0 spiro atoms. The highest BCUT2D eigenvalue weighted by molar-refractivity contribution is 5.50. The van der Waals surface area contributed by atoms with Crippen LogP contribution in [0, 0.1) is 0 Å². The van der Waals surface area contributed by atoms with Gasteiger partial charge in [-0.05, 0) is 36.6 Å². The monoisotopic (exact) mass is 223 g/mol. The molecule has 0 aliphatic heterocycles. The van der Waals surface area contributed by atoms with Gasteiger partial charge in [-0.15, -0.1) is 0 Å². The lowest BCUT2D eigenvalue weighted by atomic mass is 10.0. The normalized spacial score (nSPS) is 9.94. The fourth-order valence-electron chi connectivity index (χ4n) is 1.84. The minimum Gasteiger partial charge on any atom is -0.360 e. The first kappa shape index (κ1) is 11.5. The molecule has 0 fully saturated rings. The second-order valence-corrected chi connectivity index (χ2v) is 4.27. The molecule has 86 valence electrons. The third-order valence-electron chi connectivity index (χ3n) is 2.54. The first-order chi connectivity index (χ1) is 8.24. The van der Waals surface area contributed by atoms with Crippen LogP contribution in [0.2, 0.25) is 0 Å². The van der Waals surface area contributed by atoms with Crippen molar-refractivity contribution in [3.63, 3.8) is 0 Å². The molecule has 0 radical (unpaired) electrons. The second-order valence-electron chi connectivity index (χ2n) is 4.27. The van der Waals surface area contributed by atoms with Gasteiger partial charge in [0, 0.05) is 11.4 Å². The number of nitrogens with one attached hydrogen (secondary N) is 1. The molecule has 2 aromatic rings. The summed E-state index contributed by atoms with van der Waals surface area (Å²) in [5.41, 5.74) is 4.70. The van der Waals surface area contributed by atoms with Gasteiger partial charge in [-0.3, -0.25) is 0 Å². The van der Waals surface area contributed by atoms with Crippen molar-refractivity contribution in [3.8, 4) is 0 Å². The van der Waals surface area contributed by atoms with E-state index in [9.17, 15) is 0 Å². The Kier molecular flexibility index (Phi) is 3.61. The SMILES string of the molecule is C=C(C)Nc1cccc(Cc2ccccc2)c1. The topological polar surface area (TPSA) is 12.0 Å². The summed E-state index contributed by atoms with van der Waals surface area (Å²) in [5, 5.41) is 3.24. The van der Waals surface area contributed by atoms with E-state index >= 15 is 0 Å². The van der Waals surface area contributed by atoms with Crippen LogP contribution in [-0.4, -0.2) is 0 Å². The summed E-state index contributed by atoms with van der Waals surface area (Å²) in [5.74, 6) is 0. The zero-order chi connectivity index (χ0) is 12.1. The molecule has 0 bridgehead atoms. The van der Waals surface area contributed by atoms with E-state index in [1.807, 2.05) is 13.0 Å². The Hall–Kier alpha value is -2.02. The molecule has 0 aliphatic rings. The Balaban J connectivity index is 2.14. The molecule has 17 heavy (non-hydrogen) atoms. The van der Waals surface area contributed by atoms with Gasteiger partial charge in [-0.2, -0.15) is 0 Å². The van der Waals surface area contributed by atoms with Gasteiger partial charge < -0.3 is 5.32 Å². The van der Waals surface area contributed by atoms with Crippen LogP contribution in [0.5, 0.6) is 0 Å². The Morgan fingerprint density at radius 1 is 1.00 bits per heavy atom. The van der Waals surface area contributed by atoms with Gasteiger partial charge in [0.25, 0.3) is 0 Å². The summed E-state index contributed by atoms with van der Waals surface area (Å²) in [6.07, 6.45) is 0.965. The molecular weight excluding hydrogens is 206 g/mol. The highest BCUT2D eigenvalue weighted by Gasteiger charge is 1.97. The lowest BCUT2D eigenvalue weighted by Crippen LogP contribution is -1.95. The van der Waals surface area contributed by atoms with E-state index < -0.39 is 0 Å². The van der Waals surface area contributed by atoms with E-state index in [1.54, 1.807) is 0 Å².